The SMILES string of the molecule is CCC(=O)C(=O)CCC[C@H](NC)C(C)=O. The second kappa shape index (κ2) is 7.29. The van der Waals surface area contributed by atoms with Gasteiger partial charge in [0.2, 0.25) is 0 Å². The third-order valence-corrected chi connectivity index (χ3v) is 2.37. The van der Waals surface area contributed by atoms with Crippen molar-refractivity contribution >= 4 is 17.3 Å². The number of hydrogen-bond acceptors (Lipinski definition) is 4. The molecule has 0 aromatic heterocycles. The van der Waals surface area contributed by atoms with E-state index in [9.17, 15) is 14.4 Å². The Kier molecular flexibility index (Phi) is 6.79. The topological polar surface area (TPSA) is 63.2 Å². The van der Waals surface area contributed by atoms with Crippen LogP contribution in [0.1, 0.15) is 39.5 Å². The molecule has 0 bridgehead atoms. The highest BCUT2D eigenvalue weighted by atomic mass is 16.2. The van der Waals surface area contributed by atoms with Gasteiger partial charge in [-0.25, -0.2) is 0 Å². The molecule has 1 atom stereocenters. The predicted octanol–water partition coefficient (Wildman–Crippen LogP) is 0.882. The number of ketones is 3. The van der Waals surface area contributed by atoms with Crippen molar-refractivity contribution < 1.29 is 14.4 Å². The second-order valence-electron chi connectivity index (χ2n) is 3.54. The lowest BCUT2D eigenvalue weighted by atomic mass is 10.0. The maximum absolute atomic E-state index is 11.2. The summed E-state index contributed by atoms with van der Waals surface area (Å²) >= 11 is 0. The lowest BCUT2D eigenvalue weighted by molar-refractivity contribution is -0.136. The number of rotatable bonds is 8. The third kappa shape index (κ3) is 5.42. The first-order valence-electron chi connectivity index (χ1n) is 5.26. The molecule has 0 unspecified atom stereocenters. The fourth-order valence-electron chi connectivity index (χ4n) is 1.35. The van der Waals surface area contributed by atoms with Crippen LogP contribution >= 0.6 is 0 Å². The molecule has 0 saturated carbocycles. The second-order valence-corrected chi connectivity index (χ2v) is 3.54. The number of carbonyl (C=O) groups is 3. The van der Waals surface area contributed by atoms with Crippen LogP contribution in [0, 0.1) is 0 Å². The average molecular weight is 213 g/mol. The number of carbonyl (C=O) groups excluding carboxylic acids is 3. The molecule has 0 saturated heterocycles. The van der Waals surface area contributed by atoms with Crippen molar-refractivity contribution in [3.63, 3.8) is 0 Å². The summed E-state index contributed by atoms with van der Waals surface area (Å²) in [4.78, 5) is 33.1. The molecular weight excluding hydrogens is 194 g/mol. The Morgan fingerprint density at radius 2 is 1.80 bits per heavy atom. The van der Waals surface area contributed by atoms with Gasteiger partial charge in [-0.15, -0.1) is 0 Å². The van der Waals surface area contributed by atoms with E-state index in [2.05, 4.69) is 5.32 Å². The predicted molar refractivity (Wildman–Crippen MR) is 57.7 cm³/mol. The van der Waals surface area contributed by atoms with Crippen LogP contribution in [0.15, 0.2) is 0 Å². The van der Waals surface area contributed by atoms with E-state index in [1.165, 1.54) is 6.92 Å². The summed E-state index contributed by atoms with van der Waals surface area (Å²) in [5, 5.41) is 2.87. The molecule has 15 heavy (non-hydrogen) atoms. The Hall–Kier alpha value is -1.03. The normalized spacial score (nSPS) is 12.2. The van der Waals surface area contributed by atoms with E-state index in [0.29, 0.717) is 12.8 Å². The van der Waals surface area contributed by atoms with Gasteiger partial charge in [0.15, 0.2) is 11.6 Å². The van der Waals surface area contributed by atoms with E-state index in [1.54, 1.807) is 14.0 Å². The van der Waals surface area contributed by atoms with Crippen LogP contribution in [0.5, 0.6) is 0 Å². The van der Waals surface area contributed by atoms with Crippen molar-refractivity contribution in [1.82, 2.24) is 5.32 Å². The molecule has 0 aliphatic rings. The van der Waals surface area contributed by atoms with Crippen LogP contribution in [0.3, 0.4) is 0 Å². The van der Waals surface area contributed by atoms with Gasteiger partial charge in [0.1, 0.15) is 5.78 Å². The lowest BCUT2D eigenvalue weighted by Gasteiger charge is -2.11. The monoisotopic (exact) mass is 213 g/mol. The molecule has 0 aliphatic heterocycles. The fraction of sp³-hybridized carbons (Fsp3) is 0.727. The molecule has 0 fully saturated rings. The standard InChI is InChI=1S/C11H19NO3/c1-4-10(14)11(15)7-5-6-9(12-3)8(2)13/h9,12H,4-7H2,1-3H3/t9-/m0/s1. The average Bonchev–Trinajstić information content (AvgIpc) is 2.22. The van der Waals surface area contributed by atoms with Crippen LogP contribution in [-0.2, 0) is 14.4 Å². The van der Waals surface area contributed by atoms with Gasteiger partial charge in [-0.2, -0.15) is 0 Å². The van der Waals surface area contributed by atoms with E-state index >= 15 is 0 Å². The molecule has 0 rings (SSSR count). The molecule has 1 N–H and O–H groups in total. The first kappa shape index (κ1) is 14.0. The minimum Gasteiger partial charge on any atom is -0.311 e. The molecule has 86 valence electrons. The van der Waals surface area contributed by atoms with Gasteiger partial charge in [-0.05, 0) is 26.8 Å². The summed E-state index contributed by atoms with van der Waals surface area (Å²) in [7, 11) is 1.71. The summed E-state index contributed by atoms with van der Waals surface area (Å²) in [6.45, 7) is 3.19. The zero-order chi connectivity index (χ0) is 11.8. The van der Waals surface area contributed by atoms with E-state index in [1.807, 2.05) is 0 Å². The molecule has 4 nitrogen and oxygen atoms in total. The summed E-state index contributed by atoms with van der Waals surface area (Å²) in [6.07, 6.45) is 1.70. The molecular formula is C11H19NO3. The Morgan fingerprint density at radius 3 is 2.20 bits per heavy atom. The van der Waals surface area contributed by atoms with Crippen LogP contribution < -0.4 is 5.32 Å². The maximum atomic E-state index is 11.2. The highest BCUT2D eigenvalue weighted by Gasteiger charge is 2.14. The smallest absolute Gasteiger partial charge is 0.198 e. The summed E-state index contributed by atoms with van der Waals surface area (Å²) in [5.74, 6) is -0.582. The fourth-order valence-corrected chi connectivity index (χ4v) is 1.35. The molecule has 0 amide bonds. The van der Waals surface area contributed by atoms with Gasteiger partial charge in [0.05, 0.1) is 6.04 Å². The molecule has 0 heterocycles. The van der Waals surface area contributed by atoms with Crippen molar-refractivity contribution in [2.45, 2.75) is 45.6 Å². The van der Waals surface area contributed by atoms with E-state index in [0.717, 1.165) is 0 Å². The lowest BCUT2D eigenvalue weighted by Crippen LogP contribution is -2.32. The zero-order valence-electron chi connectivity index (χ0n) is 9.63. The van der Waals surface area contributed by atoms with Gasteiger partial charge in [0.25, 0.3) is 0 Å². The van der Waals surface area contributed by atoms with Crippen LogP contribution in [0.2, 0.25) is 0 Å². The van der Waals surface area contributed by atoms with Crippen LogP contribution in [0.25, 0.3) is 0 Å². The Bertz CT molecular complexity index is 248. The molecule has 0 aromatic carbocycles. The van der Waals surface area contributed by atoms with Crippen LogP contribution in [-0.4, -0.2) is 30.4 Å². The molecule has 4 heteroatoms. The molecule has 0 aliphatic carbocycles. The van der Waals surface area contributed by atoms with E-state index < -0.39 is 0 Å². The van der Waals surface area contributed by atoms with Crippen molar-refractivity contribution in [2.75, 3.05) is 7.05 Å². The Morgan fingerprint density at radius 1 is 1.20 bits per heavy atom. The first-order chi connectivity index (χ1) is 7.02. The van der Waals surface area contributed by atoms with Crippen molar-refractivity contribution in [1.29, 1.82) is 0 Å². The van der Waals surface area contributed by atoms with Crippen LogP contribution in [0.4, 0.5) is 0 Å². The molecule has 0 aromatic rings. The summed E-state index contributed by atoms with van der Waals surface area (Å²) in [6, 6.07) is -0.200. The Labute approximate surface area is 90.4 Å². The Balaban J connectivity index is 3.83. The number of hydrogen-bond donors (Lipinski definition) is 1. The van der Waals surface area contributed by atoms with Gasteiger partial charge >= 0.3 is 0 Å². The van der Waals surface area contributed by atoms with Gasteiger partial charge in [-0.1, -0.05) is 6.92 Å². The molecule has 0 radical (unpaired) electrons. The highest BCUT2D eigenvalue weighted by Crippen LogP contribution is 2.03. The van der Waals surface area contributed by atoms with Crippen molar-refractivity contribution in [2.24, 2.45) is 0 Å². The zero-order valence-corrected chi connectivity index (χ0v) is 9.63. The number of Topliss-reactive ketones (excluding diaryl/α,β-unsaturated/α-hetero) is 3. The third-order valence-electron chi connectivity index (χ3n) is 2.37. The summed E-state index contributed by atoms with van der Waals surface area (Å²) < 4.78 is 0. The minimum atomic E-state index is -0.323. The van der Waals surface area contributed by atoms with Gasteiger partial charge < -0.3 is 5.32 Å². The molecule has 0 spiro atoms. The minimum absolute atomic E-state index is 0.0618. The van der Waals surface area contributed by atoms with E-state index in [-0.39, 0.29) is 36.2 Å². The van der Waals surface area contributed by atoms with Crippen molar-refractivity contribution in [3.8, 4) is 0 Å². The van der Waals surface area contributed by atoms with Crippen molar-refractivity contribution in [3.05, 3.63) is 0 Å². The van der Waals surface area contributed by atoms with E-state index in [4.69, 9.17) is 0 Å². The van der Waals surface area contributed by atoms with Gasteiger partial charge in [0, 0.05) is 12.8 Å². The first-order valence-corrected chi connectivity index (χ1v) is 5.26. The van der Waals surface area contributed by atoms with Gasteiger partial charge in [-0.3, -0.25) is 14.4 Å². The number of likely N-dealkylation sites (N-methyl/N-ethyl adjacent to an activating group) is 1. The largest absolute Gasteiger partial charge is 0.311 e. The maximum Gasteiger partial charge on any atom is 0.198 e. The quantitative estimate of drug-likeness (QED) is 0.608. The number of nitrogens with one attached hydrogen (secondary N) is 1. The highest BCUT2D eigenvalue weighted by molar-refractivity contribution is 6.37. The summed E-state index contributed by atoms with van der Waals surface area (Å²) in [5.41, 5.74) is 0.